The van der Waals surface area contributed by atoms with E-state index in [0.29, 0.717) is 19.8 Å². The fourth-order valence-corrected chi connectivity index (χ4v) is 8.42. The molecule has 6 nitrogen and oxygen atoms in total. The minimum absolute atomic E-state index is 0.205. The number of quaternary nitrogens is 2. The van der Waals surface area contributed by atoms with E-state index in [1.165, 1.54) is 109 Å². The molecule has 39 heavy (non-hydrogen) atoms. The molecular formula is C32H70N2O4Si+2. The first-order chi connectivity index (χ1) is 18.8. The van der Waals surface area contributed by atoms with Crippen LogP contribution < -0.4 is 0 Å². The number of nitrogens with zero attached hydrogens (tertiary/aromatic N) is 2. The molecule has 0 unspecified atom stereocenters. The third kappa shape index (κ3) is 18.9. The monoisotopic (exact) mass is 575 g/mol. The molecule has 0 aromatic carbocycles. The van der Waals surface area contributed by atoms with E-state index < -0.39 is 8.80 Å². The predicted octanol–water partition coefficient (Wildman–Crippen LogP) is 7.18. The van der Waals surface area contributed by atoms with Gasteiger partial charge >= 0.3 is 8.80 Å². The van der Waals surface area contributed by atoms with Crippen molar-refractivity contribution in [2.45, 2.75) is 129 Å². The van der Waals surface area contributed by atoms with Gasteiger partial charge in [-0.25, -0.2) is 0 Å². The molecule has 1 aliphatic heterocycles. The Labute approximate surface area is 245 Å². The normalized spacial score (nSPS) is 22.6. The molecule has 7 heteroatoms. The lowest BCUT2D eigenvalue weighted by molar-refractivity contribution is -0.910. The van der Waals surface area contributed by atoms with Crippen LogP contribution in [0.2, 0.25) is 6.04 Å². The quantitative estimate of drug-likeness (QED) is 0.0713. The summed E-state index contributed by atoms with van der Waals surface area (Å²) in [6.07, 6.45) is 23.9. The Kier molecular flexibility index (Phi) is 21.4. The third-order valence-electron chi connectivity index (χ3n) is 8.77. The summed E-state index contributed by atoms with van der Waals surface area (Å²) in [6, 6.07) is 0.908. The van der Waals surface area contributed by atoms with Crippen LogP contribution in [0.3, 0.4) is 0 Å². The first kappa shape index (κ1) is 37.0. The van der Waals surface area contributed by atoms with Crippen LogP contribution in [-0.2, 0) is 13.3 Å². The smallest absolute Gasteiger partial charge is 0.391 e. The van der Waals surface area contributed by atoms with Gasteiger partial charge in [0, 0.05) is 19.1 Å². The number of hydrogen-bond donors (Lipinski definition) is 1. The molecule has 0 spiro atoms. The van der Waals surface area contributed by atoms with Crippen molar-refractivity contribution < 1.29 is 27.4 Å². The first-order valence-electron chi connectivity index (χ1n) is 17.0. The standard InChI is InChI=1S/C32H70N2O4Si/c1-6-8-9-10-11-12-13-14-15-16-17-18-19-20-21-22-24-33(3,4)25-23-32-39(36-7-2)37-30-27-34(5,26-29-35)28-31-38-39/h35H,6-32H2,1-5H3/q+2. The van der Waals surface area contributed by atoms with Gasteiger partial charge in [0.1, 0.15) is 19.6 Å². The molecule has 1 heterocycles. The second-order valence-electron chi connectivity index (χ2n) is 13.1. The van der Waals surface area contributed by atoms with E-state index >= 15 is 0 Å². The zero-order chi connectivity index (χ0) is 28.7. The number of rotatable bonds is 25. The summed E-state index contributed by atoms with van der Waals surface area (Å²) in [6.45, 7) is 11.5. The van der Waals surface area contributed by atoms with Crippen molar-refractivity contribution in [1.29, 1.82) is 0 Å². The maximum absolute atomic E-state index is 9.40. The van der Waals surface area contributed by atoms with Crippen LogP contribution >= 0.6 is 0 Å². The molecule has 0 aliphatic carbocycles. The summed E-state index contributed by atoms with van der Waals surface area (Å²) in [5, 5.41) is 9.40. The van der Waals surface area contributed by atoms with Crippen LogP contribution in [0.5, 0.6) is 0 Å². The number of unbranched alkanes of at least 4 members (excludes halogenated alkanes) is 15. The highest BCUT2D eigenvalue weighted by Gasteiger charge is 2.43. The highest BCUT2D eigenvalue weighted by Crippen LogP contribution is 2.22. The Bertz CT molecular complexity index is 554. The molecule has 0 amide bonds. The summed E-state index contributed by atoms with van der Waals surface area (Å²) < 4.78 is 20.7. The van der Waals surface area contributed by atoms with Crippen LogP contribution in [-0.4, -0.2) is 103 Å². The van der Waals surface area contributed by atoms with Gasteiger partial charge < -0.3 is 27.4 Å². The van der Waals surface area contributed by atoms with E-state index in [2.05, 4.69) is 28.1 Å². The van der Waals surface area contributed by atoms with Crippen molar-refractivity contribution in [1.82, 2.24) is 0 Å². The number of aliphatic hydroxyl groups excluding tert-OH is 1. The molecule has 0 atom stereocenters. The lowest BCUT2D eigenvalue weighted by atomic mass is 10.0. The van der Waals surface area contributed by atoms with Crippen LogP contribution in [0.15, 0.2) is 0 Å². The van der Waals surface area contributed by atoms with E-state index in [0.717, 1.165) is 47.6 Å². The zero-order valence-corrected chi connectivity index (χ0v) is 28.2. The van der Waals surface area contributed by atoms with Gasteiger partial charge in [-0.15, -0.1) is 0 Å². The lowest BCUT2D eigenvalue weighted by Gasteiger charge is -2.39. The molecule has 0 saturated carbocycles. The number of likely N-dealkylation sites (N-methyl/N-ethyl adjacent to an activating group) is 1. The van der Waals surface area contributed by atoms with Crippen LogP contribution in [0.25, 0.3) is 0 Å². The van der Waals surface area contributed by atoms with Crippen molar-refractivity contribution in [3.63, 3.8) is 0 Å². The molecule has 0 aromatic heterocycles. The maximum atomic E-state index is 9.40. The maximum Gasteiger partial charge on any atom is 0.501 e. The minimum Gasteiger partial charge on any atom is -0.391 e. The van der Waals surface area contributed by atoms with Crippen molar-refractivity contribution in [3.05, 3.63) is 0 Å². The topological polar surface area (TPSA) is 47.9 Å². The Hall–Kier alpha value is -0.0231. The van der Waals surface area contributed by atoms with Gasteiger partial charge in [-0.2, -0.15) is 0 Å². The van der Waals surface area contributed by atoms with Crippen LogP contribution in [0, 0.1) is 0 Å². The molecule has 1 N–H and O–H groups in total. The molecule has 1 aliphatic rings. The summed E-state index contributed by atoms with van der Waals surface area (Å²) in [7, 11) is 4.31. The van der Waals surface area contributed by atoms with E-state index in [-0.39, 0.29) is 6.61 Å². The Balaban J connectivity index is 2.09. The highest BCUT2D eigenvalue weighted by molar-refractivity contribution is 6.60. The van der Waals surface area contributed by atoms with Crippen molar-refractivity contribution in [2.75, 3.05) is 80.3 Å². The second-order valence-corrected chi connectivity index (χ2v) is 15.8. The Morgan fingerprint density at radius 3 is 1.56 bits per heavy atom. The molecule has 1 saturated heterocycles. The second kappa shape index (κ2) is 22.6. The SMILES string of the molecule is CCCCCCCCCCCCCCCCCC[N+](C)(C)CCC[Si]1(OCC)OCC[N+](C)(CCO)CCO1. The lowest BCUT2D eigenvalue weighted by Crippen LogP contribution is -2.57. The van der Waals surface area contributed by atoms with E-state index in [9.17, 15) is 5.11 Å². The van der Waals surface area contributed by atoms with Gasteiger partial charge in [-0.05, 0) is 19.8 Å². The minimum atomic E-state index is -2.61. The van der Waals surface area contributed by atoms with Gasteiger partial charge in [0.25, 0.3) is 0 Å². The van der Waals surface area contributed by atoms with Crippen molar-refractivity contribution in [2.24, 2.45) is 0 Å². The summed E-state index contributed by atoms with van der Waals surface area (Å²) in [5.74, 6) is 0. The third-order valence-corrected chi connectivity index (χ3v) is 11.8. The van der Waals surface area contributed by atoms with Gasteiger partial charge in [0.15, 0.2) is 0 Å². The average Bonchev–Trinajstić information content (AvgIpc) is 2.87. The van der Waals surface area contributed by atoms with Crippen LogP contribution in [0.1, 0.15) is 123 Å². The molecule has 234 valence electrons. The Morgan fingerprint density at radius 1 is 0.692 bits per heavy atom. The molecule has 0 aromatic rings. The predicted molar refractivity (Wildman–Crippen MR) is 168 cm³/mol. The fraction of sp³-hybridized carbons (Fsp3) is 1.00. The fourth-order valence-electron chi connectivity index (χ4n) is 5.90. The molecular weight excluding hydrogens is 504 g/mol. The van der Waals surface area contributed by atoms with Gasteiger partial charge in [-0.3, -0.25) is 0 Å². The van der Waals surface area contributed by atoms with Gasteiger partial charge in [-0.1, -0.05) is 96.8 Å². The van der Waals surface area contributed by atoms with E-state index in [1.807, 2.05) is 6.92 Å². The van der Waals surface area contributed by atoms with E-state index in [1.54, 1.807) is 0 Å². The van der Waals surface area contributed by atoms with E-state index in [4.69, 9.17) is 13.3 Å². The summed E-state index contributed by atoms with van der Waals surface area (Å²) in [5.41, 5.74) is 0. The Morgan fingerprint density at radius 2 is 1.13 bits per heavy atom. The molecule has 1 fully saturated rings. The molecule has 0 radical (unpaired) electrons. The first-order valence-corrected chi connectivity index (χ1v) is 18.9. The molecule has 0 bridgehead atoms. The summed E-state index contributed by atoms with van der Waals surface area (Å²) >= 11 is 0. The van der Waals surface area contributed by atoms with Gasteiger partial charge in [0.2, 0.25) is 0 Å². The van der Waals surface area contributed by atoms with Crippen molar-refractivity contribution in [3.8, 4) is 0 Å². The van der Waals surface area contributed by atoms with Crippen LogP contribution in [0.4, 0.5) is 0 Å². The number of aliphatic hydroxyl groups is 1. The molecule has 1 rings (SSSR count). The average molecular weight is 575 g/mol. The number of hydrogen-bond acceptors (Lipinski definition) is 4. The zero-order valence-electron chi connectivity index (χ0n) is 27.2. The largest absolute Gasteiger partial charge is 0.501 e. The van der Waals surface area contributed by atoms with Gasteiger partial charge in [0.05, 0.1) is 54.1 Å². The summed E-state index contributed by atoms with van der Waals surface area (Å²) in [4.78, 5) is 0. The van der Waals surface area contributed by atoms with Crippen molar-refractivity contribution >= 4 is 8.80 Å². The highest BCUT2D eigenvalue weighted by atomic mass is 28.4.